The van der Waals surface area contributed by atoms with E-state index in [1.54, 1.807) is 24.3 Å². The molecule has 0 bridgehead atoms. The maximum atomic E-state index is 13.8. The van der Waals surface area contributed by atoms with Gasteiger partial charge >= 0.3 is 5.97 Å². The standard InChI is InChI=1S/C21H14Cl2FNO4S2/c22-16-4-1-12(9-17(16)23)19-6-8-21(30-19)31(28,29)25-11-13(2-7-20(26)27)15-10-14(24)3-5-18(15)25/h1,3-6,8-11H,2,7H2,(H,26,27). The maximum Gasteiger partial charge on any atom is 0.303 e. The summed E-state index contributed by atoms with van der Waals surface area (Å²) >= 11 is 13.1. The number of halogens is 3. The van der Waals surface area contributed by atoms with E-state index in [-0.39, 0.29) is 22.6 Å². The highest BCUT2D eigenvalue weighted by Gasteiger charge is 2.24. The van der Waals surface area contributed by atoms with Crippen LogP contribution in [0.25, 0.3) is 21.3 Å². The van der Waals surface area contributed by atoms with Crippen molar-refractivity contribution in [2.24, 2.45) is 0 Å². The normalized spacial score (nSPS) is 11.8. The number of aromatic nitrogens is 1. The Balaban J connectivity index is 1.79. The van der Waals surface area contributed by atoms with Gasteiger partial charge in [-0.25, -0.2) is 8.36 Å². The molecular weight excluding hydrogens is 484 g/mol. The molecule has 0 fully saturated rings. The van der Waals surface area contributed by atoms with Gasteiger partial charge in [0.25, 0.3) is 10.0 Å². The van der Waals surface area contributed by atoms with Crippen LogP contribution in [0.4, 0.5) is 4.39 Å². The lowest BCUT2D eigenvalue weighted by Crippen LogP contribution is -2.10. The minimum absolute atomic E-state index is 0.0801. The minimum Gasteiger partial charge on any atom is -0.481 e. The van der Waals surface area contributed by atoms with Crippen LogP contribution in [0.15, 0.2) is 58.9 Å². The first-order chi connectivity index (χ1) is 14.7. The number of carboxylic acid groups (broad SMARTS) is 1. The Morgan fingerprint density at radius 1 is 1.06 bits per heavy atom. The molecule has 0 amide bonds. The number of hydrogen-bond donors (Lipinski definition) is 1. The third-order valence-corrected chi connectivity index (χ3v) is 8.74. The van der Waals surface area contributed by atoms with E-state index < -0.39 is 21.8 Å². The molecule has 4 rings (SSSR count). The molecule has 0 radical (unpaired) electrons. The monoisotopic (exact) mass is 497 g/mol. The second-order valence-corrected chi connectivity index (χ2v) is 10.7. The van der Waals surface area contributed by atoms with Crippen LogP contribution >= 0.6 is 34.5 Å². The molecule has 160 valence electrons. The van der Waals surface area contributed by atoms with Crippen LogP contribution in [0, 0.1) is 5.82 Å². The number of nitrogens with zero attached hydrogens (tertiary/aromatic N) is 1. The second kappa shape index (κ2) is 8.27. The fourth-order valence-corrected chi connectivity index (χ4v) is 6.32. The molecule has 2 heterocycles. The van der Waals surface area contributed by atoms with Gasteiger partial charge in [-0.1, -0.05) is 29.3 Å². The summed E-state index contributed by atoms with van der Waals surface area (Å²) in [5.74, 6) is -1.55. The van der Waals surface area contributed by atoms with Gasteiger partial charge in [0.2, 0.25) is 0 Å². The largest absolute Gasteiger partial charge is 0.481 e. The molecule has 0 saturated heterocycles. The van der Waals surface area contributed by atoms with Crippen molar-refractivity contribution in [3.05, 3.63) is 76.2 Å². The number of carboxylic acids is 1. The Morgan fingerprint density at radius 2 is 1.84 bits per heavy atom. The van der Waals surface area contributed by atoms with Crippen LogP contribution in [0.1, 0.15) is 12.0 Å². The van der Waals surface area contributed by atoms with Crippen molar-refractivity contribution in [3.63, 3.8) is 0 Å². The third kappa shape index (κ3) is 4.21. The van der Waals surface area contributed by atoms with Gasteiger partial charge in [-0.2, -0.15) is 8.42 Å². The van der Waals surface area contributed by atoms with Crippen LogP contribution in [0.2, 0.25) is 10.0 Å². The lowest BCUT2D eigenvalue weighted by Gasteiger charge is -2.05. The minimum atomic E-state index is -4.00. The number of benzene rings is 2. The van der Waals surface area contributed by atoms with Crippen molar-refractivity contribution in [2.75, 3.05) is 0 Å². The van der Waals surface area contributed by atoms with E-state index in [2.05, 4.69) is 0 Å². The van der Waals surface area contributed by atoms with Gasteiger partial charge in [-0.15, -0.1) is 11.3 Å². The molecule has 0 spiro atoms. The van der Waals surface area contributed by atoms with Gasteiger partial charge in [0.05, 0.1) is 15.6 Å². The number of rotatable bonds is 6. The zero-order chi connectivity index (χ0) is 22.3. The predicted molar refractivity (Wildman–Crippen MR) is 120 cm³/mol. The van der Waals surface area contributed by atoms with Crippen molar-refractivity contribution in [1.82, 2.24) is 3.97 Å². The van der Waals surface area contributed by atoms with Gasteiger partial charge in [0, 0.05) is 22.9 Å². The van der Waals surface area contributed by atoms with E-state index >= 15 is 0 Å². The Morgan fingerprint density at radius 3 is 2.55 bits per heavy atom. The van der Waals surface area contributed by atoms with Crippen LogP contribution in [-0.2, 0) is 21.2 Å². The fraction of sp³-hybridized carbons (Fsp3) is 0.0952. The summed E-state index contributed by atoms with van der Waals surface area (Å²) in [7, 11) is -4.00. The molecule has 2 aromatic heterocycles. The van der Waals surface area contributed by atoms with E-state index in [0.717, 1.165) is 20.9 Å². The first-order valence-electron chi connectivity index (χ1n) is 8.99. The smallest absolute Gasteiger partial charge is 0.303 e. The summed E-state index contributed by atoms with van der Waals surface area (Å²) in [5.41, 5.74) is 1.45. The van der Waals surface area contributed by atoms with E-state index in [0.29, 0.717) is 25.9 Å². The average molecular weight is 498 g/mol. The van der Waals surface area contributed by atoms with E-state index in [1.165, 1.54) is 30.5 Å². The van der Waals surface area contributed by atoms with E-state index in [4.69, 9.17) is 28.3 Å². The summed E-state index contributed by atoms with van der Waals surface area (Å²) in [5, 5.41) is 10.1. The van der Waals surface area contributed by atoms with Gasteiger partial charge in [0.1, 0.15) is 10.0 Å². The second-order valence-electron chi connectivity index (χ2n) is 6.76. The van der Waals surface area contributed by atoms with Crippen molar-refractivity contribution < 1.29 is 22.7 Å². The Bertz CT molecular complexity index is 1430. The van der Waals surface area contributed by atoms with Gasteiger partial charge in [0.15, 0.2) is 0 Å². The maximum absolute atomic E-state index is 13.8. The molecule has 31 heavy (non-hydrogen) atoms. The number of hydrogen-bond acceptors (Lipinski definition) is 4. The first-order valence-corrected chi connectivity index (χ1v) is 12.0. The Hall–Kier alpha value is -2.39. The Labute approximate surface area is 191 Å². The number of aryl methyl sites for hydroxylation is 1. The number of thiophene rings is 1. The Kier molecular flexibility index (Phi) is 5.83. The quantitative estimate of drug-likeness (QED) is 0.350. The van der Waals surface area contributed by atoms with Gasteiger partial charge in [-0.3, -0.25) is 4.79 Å². The van der Waals surface area contributed by atoms with Crippen molar-refractivity contribution in [3.8, 4) is 10.4 Å². The summed E-state index contributed by atoms with van der Waals surface area (Å²) in [4.78, 5) is 11.7. The summed E-state index contributed by atoms with van der Waals surface area (Å²) in [6.07, 6.45) is 1.24. The molecule has 0 aliphatic carbocycles. The van der Waals surface area contributed by atoms with Crippen molar-refractivity contribution in [2.45, 2.75) is 17.1 Å². The fourth-order valence-electron chi connectivity index (χ4n) is 3.24. The number of carbonyl (C=O) groups is 1. The van der Waals surface area contributed by atoms with Crippen LogP contribution in [-0.4, -0.2) is 23.5 Å². The number of fused-ring (bicyclic) bond motifs is 1. The first kappa shape index (κ1) is 21.8. The molecule has 5 nitrogen and oxygen atoms in total. The number of aliphatic carboxylic acids is 1. The van der Waals surface area contributed by atoms with Crippen molar-refractivity contribution in [1.29, 1.82) is 0 Å². The highest BCUT2D eigenvalue weighted by molar-refractivity contribution is 7.92. The van der Waals surface area contributed by atoms with Crippen LogP contribution < -0.4 is 0 Å². The summed E-state index contributed by atoms with van der Waals surface area (Å²) in [6, 6.07) is 12.0. The molecule has 10 heteroatoms. The van der Waals surface area contributed by atoms with Crippen molar-refractivity contribution >= 4 is 61.4 Å². The third-order valence-electron chi connectivity index (χ3n) is 4.72. The SMILES string of the molecule is O=C(O)CCc1cn(S(=O)(=O)c2ccc(-c3ccc(Cl)c(Cl)c3)s2)c2ccc(F)cc12. The molecule has 0 atom stereocenters. The molecular formula is C21H14Cl2FNO4S2. The van der Waals surface area contributed by atoms with Gasteiger partial charge < -0.3 is 5.11 Å². The average Bonchev–Trinajstić information content (AvgIpc) is 3.34. The molecule has 4 aromatic rings. The predicted octanol–water partition coefficient (Wildman–Crippen LogP) is 6.07. The molecule has 0 aliphatic rings. The van der Waals surface area contributed by atoms with Crippen LogP contribution in [0.5, 0.6) is 0 Å². The van der Waals surface area contributed by atoms with Crippen LogP contribution in [0.3, 0.4) is 0 Å². The van der Waals surface area contributed by atoms with Gasteiger partial charge in [-0.05, 0) is 60.0 Å². The highest BCUT2D eigenvalue weighted by atomic mass is 35.5. The molecule has 0 saturated carbocycles. The zero-order valence-corrected chi connectivity index (χ0v) is 18.8. The lowest BCUT2D eigenvalue weighted by atomic mass is 10.1. The molecule has 1 N–H and O–H groups in total. The van der Waals surface area contributed by atoms with E-state index in [1.807, 2.05) is 0 Å². The zero-order valence-electron chi connectivity index (χ0n) is 15.7. The topological polar surface area (TPSA) is 76.4 Å². The lowest BCUT2D eigenvalue weighted by molar-refractivity contribution is -0.136. The molecule has 0 unspecified atom stereocenters. The highest BCUT2D eigenvalue weighted by Crippen LogP contribution is 2.36. The summed E-state index contributed by atoms with van der Waals surface area (Å²) in [6.45, 7) is 0. The van der Waals surface area contributed by atoms with E-state index in [9.17, 15) is 17.6 Å². The molecule has 0 aliphatic heterocycles. The summed E-state index contributed by atoms with van der Waals surface area (Å²) < 4.78 is 41.7. The molecule has 2 aromatic carbocycles.